The maximum atomic E-state index is 12.1. The molecule has 0 fully saturated rings. The number of fused-ring (bicyclic) bond motifs is 1. The lowest BCUT2D eigenvalue weighted by Gasteiger charge is -2.13. The number of carbonyl (C=O) groups excluding carboxylic acids is 1. The lowest BCUT2D eigenvalue weighted by Crippen LogP contribution is -2.25. The van der Waals surface area contributed by atoms with Gasteiger partial charge in [0, 0.05) is 13.1 Å². The third kappa shape index (κ3) is 1.97. The van der Waals surface area contributed by atoms with Crippen LogP contribution in [0.25, 0.3) is 0 Å². The summed E-state index contributed by atoms with van der Waals surface area (Å²) < 4.78 is 0. The largest absolute Gasteiger partial charge is 0.478 e. The Balaban J connectivity index is 1.84. The first-order valence-corrected chi connectivity index (χ1v) is 5.78. The van der Waals surface area contributed by atoms with Crippen LogP contribution >= 0.6 is 0 Å². The Labute approximate surface area is 108 Å². The minimum Gasteiger partial charge on any atom is -0.478 e. The van der Waals surface area contributed by atoms with Crippen molar-refractivity contribution in [3.8, 4) is 0 Å². The molecule has 2 heterocycles. The summed E-state index contributed by atoms with van der Waals surface area (Å²) in [6, 6.07) is 4.95. The maximum absolute atomic E-state index is 12.1. The van der Waals surface area contributed by atoms with E-state index in [4.69, 9.17) is 5.11 Å². The summed E-state index contributed by atoms with van der Waals surface area (Å²) in [6.07, 6.45) is 2.94. The SMILES string of the molecule is O=C(O)c1ccc2c(c1)CN(C(=O)c1cnc[nH]1)C2. The second-order valence-electron chi connectivity index (χ2n) is 4.42. The van der Waals surface area contributed by atoms with Gasteiger partial charge in [-0.2, -0.15) is 0 Å². The number of H-pyrrole nitrogens is 1. The Morgan fingerprint density at radius 2 is 2.05 bits per heavy atom. The van der Waals surface area contributed by atoms with E-state index in [-0.39, 0.29) is 11.5 Å². The molecule has 0 spiro atoms. The highest BCUT2D eigenvalue weighted by Gasteiger charge is 2.25. The number of aromatic amines is 1. The smallest absolute Gasteiger partial charge is 0.335 e. The number of aromatic carboxylic acids is 1. The number of rotatable bonds is 2. The van der Waals surface area contributed by atoms with Crippen LogP contribution in [-0.4, -0.2) is 31.9 Å². The normalized spacial score (nSPS) is 13.4. The number of carboxylic acids is 1. The van der Waals surface area contributed by atoms with Crippen molar-refractivity contribution in [3.63, 3.8) is 0 Å². The first-order chi connectivity index (χ1) is 9.15. The number of imidazole rings is 1. The van der Waals surface area contributed by atoms with Gasteiger partial charge in [0.1, 0.15) is 5.69 Å². The molecular weight excluding hydrogens is 246 g/mol. The van der Waals surface area contributed by atoms with E-state index in [1.165, 1.54) is 12.5 Å². The van der Waals surface area contributed by atoms with Gasteiger partial charge in [0.25, 0.3) is 5.91 Å². The Bertz CT molecular complexity index is 649. The average molecular weight is 257 g/mol. The van der Waals surface area contributed by atoms with Crippen molar-refractivity contribution < 1.29 is 14.7 Å². The third-order valence-electron chi connectivity index (χ3n) is 3.19. The summed E-state index contributed by atoms with van der Waals surface area (Å²) in [6.45, 7) is 0.918. The molecule has 1 aliphatic rings. The Morgan fingerprint density at radius 1 is 1.26 bits per heavy atom. The number of aromatic nitrogens is 2. The maximum Gasteiger partial charge on any atom is 0.335 e. The number of carboxylic acid groups (broad SMARTS) is 1. The molecule has 1 aromatic heterocycles. The number of nitrogens with one attached hydrogen (secondary N) is 1. The zero-order valence-corrected chi connectivity index (χ0v) is 9.96. The minimum absolute atomic E-state index is 0.134. The number of carbonyl (C=O) groups is 2. The van der Waals surface area contributed by atoms with Gasteiger partial charge in [-0.1, -0.05) is 6.07 Å². The fourth-order valence-corrected chi connectivity index (χ4v) is 2.21. The third-order valence-corrected chi connectivity index (χ3v) is 3.19. The van der Waals surface area contributed by atoms with Crippen LogP contribution in [0.15, 0.2) is 30.7 Å². The molecule has 0 aliphatic carbocycles. The number of hydrogen-bond donors (Lipinski definition) is 2. The molecule has 0 saturated heterocycles. The summed E-state index contributed by atoms with van der Waals surface area (Å²) in [5.74, 6) is -1.09. The predicted octanol–water partition coefficient (Wildman–Crippen LogP) is 1.26. The molecule has 0 unspecified atom stereocenters. The summed E-state index contributed by atoms with van der Waals surface area (Å²) in [5.41, 5.74) is 2.55. The van der Waals surface area contributed by atoms with E-state index in [1.807, 2.05) is 0 Å². The van der Waals surface area contributed by atoms with Gasteiger partial charge in [-0.15, -0.1) is 0 Å². The standard InChI is InChI=1S/C13H11N3O3/c17-12(11-4-14-7-15-11)16-5-9-2-1-8(13(18)19)3-10(9)6-16/h1-4,7H,5-6H2,(H,14,15)(H,18,19). The molecule has 0 radical (unpaired) electrons. The summed E-state index contributed by atoms with van der Waals surface area (Å²) in [5, 5.41) is 8.95. The van der Waals surface area contributed by atoms with Gasteiger partial charge in [-0.25, -0.2) is 9.78 Å². The average Bonchev–Trinajstić information content (AvgIpc) is 3.06. The van der Waals surface area contributed by atoms with Crippen molar-refractivity contribution in [3.05, 3.63) is 53.1 Å². The van der Waals surface area contributed by atoms with Gasteiger partial charge in [-0.3, -0.25) is 4.79 Å². The highest BCUT2D eigenvalue weighted by atomic mass is 16.4. The Hall–Kier alpha value is -2.63. The van der Waals surface area contributed by atoms with E-state index in [0.29, 0.717) is 18.8 Å². The van der Waals surface area contributed by atoms with E-state index < -0.39 is 5.97 Å². The van der Waals surface area contributed by atoms with Gasteiger partial charge >= 0.3 is 5.97 Å². The van der Waals surface area contributed by atoms with Crippen LogP contribution in [-0.2, 0) is 13.1 Å². The fourth-order valence-electron chi connectivity index (χ4n) is 2.21. The fraction of sp³-hybridized carbons (Fsp3) is 0.154. The molecule has 6 heteroatoms. The molecule has 96 valence electrons. The zero-order chi connectivity index (χ0) is 13.4. The molecule has 1 aromatic carbocycles. The van der Waals surface area contributed by atoms with Gasteiger partial charge in [0.05, 0.1) is 18.1 Å². The highest BCUT2D eigenvalue weighted by molar-refractivity contribution is 5.92. The quantitative estimate of drug-likeness (QED) is 0.848. The van der Waals surface area contributed by atoms with Crippen LogP contribution in [0.2, 0.25) is 0 Å². The molecule has 3 rings (SSSR count). The molecule has 2 N–H and O–H groups in total. The molecule has 1 amide bonds. The second kappa shape index (κ2) is 4.24. The van der Waals surface area contributed by atoms with Gasteiger partial charge in [0.15, 0.2) is 0 Å². The highest BCUT2D eigenvalue weighted by Crippen LogP contribution is 2.25. The van der Waals surface area contributed by atoms with E-state index in [1.54, 1.807) is 23.1 Å². The number of benzene rings is 1. The van der Waals surface area contributed by atoms with E-state index >= 15 is 0 Å². The Morgan fingerprint density at radius 3 is 2.74 bits per heavy atom. The number of hydrogen-bond acceptors (Lipinski definition) is 3. The van der Waals surface area contributed by atoms with Crippen molar-refractivity contribution in [2.45, 2.75) is 13.1 Å². The first kappa shape index (κ1) is 11.5. The topological polar surface area (TPSA) is 86.3 Å². The molecular formula is C13H11N3O3. The zero-order valence-electron chi connectivity index (χ0n) is 9.96. The van der Waals surface area contributed by atoms with Crippen molar-refractivity contribution >= 4 is 11.9 Å². The summed E-state index contributed by atoms with van der Waals surface area (Å²) in [4.78, 5) is 31.3. The van der Waals surface area contributed by atoms with Crippen LogP contribution in [0.3, 0.4) is 0 Å². The van der Waals surface area contributed by atoms with Crippen molar-refractivity contribution in [1.29, 1.82) is 0 Å². The molecule has 0 atom stereocenters. The van der Waals surface area contributed by atoms with Gasteiger partial charge in [0.2, 0.25) is 0 Å². The molecule has 0 saturated carbocycles. The van der Waals surface area contributed by atoms with Crippen LogP contribution in [0, 0.1) is 0 Å². The minimum atomic E-state index is -0.957. The lowest BCUT2D eigenvalue weighted by atomic mass is 10.1. The molecule has 19 heavy (non-hydrogen) atoms. The summed E-state index contributed by atoms with van der Waals surface area (Å²) >= 11 is 0. The molecule has 0 bridgehead atoms. The van der Waals surface area contributed by atoms with E-state index in [9.17, 15) is 9.59 Å². The van der Waals surface area contributed by atoms with Gasteiger partial charge < -0.3 is 15.0 Å². The van der Waals surface area contributed by atoms with Crippen LogP contribution < -0.4 is 0 Å². The van der Waals surface area contributed by atoms with E-state index in [2.05, 4.69) is 9.97 Å². The van der Waals surface area contributed by atoms with Crippen LogP contribution in [0.4, 0.5) is 0 Å². The summed E-state index contributed by atoms with van der Waals surface area (Å²) in [7, 11) is 0. The van der Waals surface area contributed by atoms with Crippen molar-refractivity contribution in [2.75, 3.05) is 0 Å². The molecule has 2 aromatic rings. The molecule has 1 aliphatic heterocycles. The monoisotopic (exact) mass is 257 g/mol. The van der Waals surface area contributed by atoms with Crippen LogP contribution in [0.1, 0.15) is 32.0 Å². The first-order valence-electron chi connectivity index (χ1n) is 5.78. The van der Waals surface area contributed by atoms with Gasteiger partial charge in [-0.05, 0) is 23.3 Å². The Kier molecular flexibility index (Phi) is 2.56. The van der Waals surface area contributed by atoms with Crippen LogP contribution in [0.5, 0.6) is 0 Å². The van der Waals surface area contributed by atoms with Crippen molar-refractivity contribution in [1.82, 2.24) is 14.9 Å². The van der Waals surface area contributed by atoms with E-state index in [0.717, 1.165) is 11.1 Å². The molecule has 6 nitrogen and oxygen atoms in total. The number of nitrogens with zero attached hydrogens (tertiary/aromatic N) is 2. The van der Waals surface area contributed by atoms with Crippen molar-refractivity contribution in [2.24, 2.45) is 0 Å². The number of amides is 1. The predicted molar refractivity (Wildman–Crippen MR) is 65.6 cm³/mol. The lowest BCUT2D eigenvalue weighted by molar-refractivity contribution is 0.0696. The second-order valence-corrected chi connectivity index (χ2v) is 4.42.